The van der Waals surface area contributed by atoms with Crippen molar-refractivity contribution in [3.63, 3.8) is 0 Å². The van der Waals surface area contributed by atoms with Gasteiger partial charge in [0.05, 0.1) is 11.8 Å². The van der Waals surface area contributed by atoms with Crippen LogP contribution in [0.4, 0.5) is 4.39 Å². The number of H-pyrrole nitrogens is 1. The van der Waals surface area contributed by atoms with E-state index in [0.29, 0.717) is 23.9 Å². The van der Waals surface area contributed by atoms with Gasteiger partial charge in [-0.25, -0.2) is 4.39 Å². The molecule has 0 fully saturated rings. The maximum absolute atomic E-state index is 13.6. The highest BCUT2D eigenvalue weighted by atomic mass is 19.1. The van der Waals surface area contributed by atoms with Gasteiger partial charge in [0.25, 0.3) is 5.91 Å². The van der Waals surface area contributed by atoms with Crippen molar-refractivity contribution in [1.82, 2.24) is 10.3 Å². The molecule has 4 aromatic rings. The van der Waals surface area contributed by atoms with Gasteiger partial charge < -0.3 is 14.7 Å². The highest BCUT2D eigenvalue weighted by molar-refractivity contribution is 6.04. The number of aromatic amines is 1. The Morgan fingerprint density at radius 2 is 2.08 bits per heavy atom. The van der Waals surface area contributed by atoms with Crippen LogP contribution >= 0.6 is 0 Å². The molecule has 2 N–H and O–H groups in total. The first-order valence-corrected chi connectivity index (χ1v) is 7.72. The molecule has 5 heteroatoms. The van der Waals surface area contributed by atoms with Gasteiger partial charge in [0.1, 0.15) is 11.4 Å². The first kappa shape index (κ1) is 14.5. The van der Waals surface area contributed by atoms with Crippen LogP contribution in [0.3, 0.4) is 0 Å². The third kappa shape index (κ3) is 2.54. The van der Waals surface area contributed by atoms with Crippen molar-refractivity contribution in [3.8, 4) is 0 Å². The van der Waals surface area contributed by atoms with Crippen molar-refractivity contribution in [2.24, 2.45) is 0 Å². The molecule has 0 spiro atoms. The van der Waals surface area contributed by atoms with Crippen LogP contribution in [-0.4, -0.2) is 17.4 Å². The fourth-order valence-corrected chi connectivity index (χ4v) is 2.96. The third-order valence-electron chi connectivity index (χ3n) is 4.12. The quantitative estimate of drug-likeness (QED) is 0.596. The Balaban J connectivity index is 1.49. The number of carbonyl (C=O) groups excluding carboxylic acids is 1. The van der Waals surface area contributed by atoms with Crippen LogP contribution in [0.2, 0.25) is 0 Å². The second-order valence-electron chi connectivity index (χ2n) is 5.66. The van der Waals surface area contributed by atoms with E-state index in [2.05, 4.69) is 10.3 Å². The van der Waals surface area contributed by atoms with Gasteiger partial charge >= 0.3 is 0 Å². The zero-order chi connectivity index (χ0) is 16.5. The molecule has 0 saturated carbocycles. The number of nitrogens with one attached hydrogen (secondary N) is 2. The minimum atomic E-state index is -0.453. The number of carbonyl (C=O) groups is 1. The SMILES string of the molecule is O=C(NCCc1c[nH]c2ccccc12)c1cc(F)cc2ccoc12. The van der Waals surface area contributed by atoms with Crippen molar-refractivity contribution in [2.45, 2.75) is 6.42 Å². The van der Waals surface area contributed by atoms with Gasteiger partial charge in [-0.2, -0.15) is 0 Å². The average Bonchev–Trinajstić information content (AvgIpc) is 3.21. The Hall–Kier alpha value is -3.08. The Morgan fingerprint density at radius 3 is 3.00 bits per heavy atom. The van der Waals surface area contributed by atoms with Crippen LogP contribution in [0.25, 0.3) is 21.9 Å². The minimum absolute atomic E-state index is 0.217. The van der Waals surface area contributed by atoms with E-state index in [1.165, 1.54) is 18.4 Å². The fraction of sp³-hybridized carbons (Fsp3) is 0.105. The van der Waals surface area contributed by atoms with Crippen molar-refractivity contribution >= 4 is 27.8 Å². The molecule has 0 saturated heterocycles. The molecule has 0 atom stereocenters. The summed E-state index contributed by atoms with van der Waals surface area (Å²) in [5.41, 5.74) is 2.82. The van der Waals surface area contributed by atoms with Gasteiger partial charge in [0, 0.05) is 29.0 Å². The second-order valence-corrected chi connectivity index (χ2v) is 5.66. The first-order chi connectivity index (χ1) is 11.7. The van der Waals surface area contributed by atoms with E-state index >= 15 is 0 Å². The number of hydrogen-bond acceptors (Lipinski definition) is 2. The molecule has 0 unspecified atom stereocenters. The van der Waals surface area contributed by atoms with Gasteiger partial charge in [-0.3, -0.25) is 4.79 Å². The summed E-state index contributed by atoms with van der Waals surface area (Å²) >= 11 is 0. The number of amides is 1. The predicted octanol–water partition coefficient (Wildman–Crippen LogP) is 4.03. The predicted molar refractivity (Wildman–Crippen MR) is 90.5 cm³/mol. The molecule has 2 aromatic heterocycles. The van der Waals surface area contributed by atoms with Crippen molar-refractivity contribution < 1.29 is 13.6 Å². The van der Waals surface area contributed by atoms with E-state index < -0.39 is 5.82 Å². The smallest absolute Gasteiger partial charge is 0.255 e. The molecule has 2 aromatic carbocycles. The molecule has 24 heavy (non-hydrogen) atoms. The van der Waals surface area contributed by atoms with Gasteiger partial charge in [-0.05, 0) is 36.2 Å². The van der Waals surface area contributed by atoms with E-state index in [0.717, 1.165) is 16.5 Å². The Bertz CT molecular complexity index is 1030. The number of halogens is 1. The molecule has 2 heterocycles. The summed E-state index contributed by atoms with van der Waals surface area (Å²) < 4.78 is 18.9. The van der Waals surface area contributed by atoms with E-state index in [1.54, 1.807) is 6.07 Å². The van der Waals surface area contributed by atoms with E-state index in [-0.39, 0.29) is 11.5 Å². The molecular weight excluding hydrogens is 307 g/mol. The summed E-state index contributed by atoms with van der Waals surface area (Å²) in [5.74, 6) is -0.792. The maximum Gasteiger partial charge on any atom is 0.255 e. The molecule has 0 bridgehead atoms. The van der Waals surface area contributed by atoms with Crippen LogP contribution in [0.5, 0.6) is 0 Å². The number of furan rings is 1. The van der Waals surface area contributed by atoms with Gasteiger partial charge in [0.2, 0.25) is 0 Å². The molecule has 4 nitrogen and oxygen atoms in total. The van der Waals surface area contributed by atoms with Crippen LogP contribution in [0, 0.1) is 5.82 Å². The van der Waals surface area contributed by atoms with Gasteiger partial charge in [0.15, 0.2) is 0 Å². The maximum atomic E-state index is 13.6. The van der Waals surface area contributed by atoms with Crippen LogP contribution in [-0.2, 0) is 6.42 Å². The summed E-state index contributed by atoms with van der Waals surface area (Å²) in [6.45, 7) is 0.458. The molecular formula is C19H15FN2O2. The summed E-state index contributed by atoms with van der Waals surface area (Å²) in [4.78, 5) is 15.6. The van der Waals surface area contributed by atoms with Crippen molar-refractivity contribution in [3.05, 3.63) is 71.9 Å². The van der Waals surface area contributed by atoms with E-state index in [9.17, 15) is 9.18 Å². The molecule has 0 aliphatic rings. The number of fused-ring (bicyclic) bond motifs is 2. The zero-order valence-corrected chi connectivity index (χ0v) is 12.8. The van der Waals surface area contributed by atoms with E-state index in [1.807, 2.05) is 30.5 Å². The van der Waals surface area contributed by atoms with Crippen LogP contribution in [0.15, 0.2) is 59.3 Å². The number of aromatic nitrogens is 1. The highest BCUT2D eigenvalue weighted by Crippen LogP contribution is 2.22. The summed E-state index contributed by atoms with van der Waals surface area (Å²) in [6, 6.07) is 12.2. The minimum Gasteiger partial charge on any atom is -0.464 e. The zero-order valence-electron chi connectivity index (χ0n) is 12.8. The van der Waals surface area contributed by atoms with Gasteiger partial charge in [-0.15, -0.1) is 0 Å². The molecule has 120 valence electrons. The number of para-hydroxylation sites is 1. The molecule has 0 aliphatic heterocycles. The standard InChI is InChI=1S/C19H15FN2O2/c20-14-9-12-6-8-24-18(12)16(10-14)19(23)21-7-5-13-11-22-17-4-2-1-3-15(13)17/h1-4,6,8-11,22H,5,7H2,(H,21,23). The summed E-state index contributed by atoms with van der Waals surface area (Å²) in [5, 5.41) is 4.56. The lowest BCUT2D eigenvalue weighted by Gasteiger charge is -2.06. The van der Waals surface area contributed by atoms with Gasteiger partial charge in [-0.1, -0.05) is 18.2 Å². The monoisotopic (exact) mass is 322 g/mol. The third-order valence-corrected chi connectivity index (χ3v) is 4.12. The molecule has 1 amide bonds. The number of hydrogen-bond donors (Lipinski definition) is 2. The van der Waals surface area contributed by atoms with Crippen molar-refractivity contribution in [2.75, 3.05) is 6.54 Å². The highest BCUT2D eigenvalue weighted by Gasteiger charge is 2.14. The number of benzene rings is 2. The lowest BCUT2D eigenvalue weighted by atomic mass is 10.1. The topological polar surface area (TPSA) is 58.0 Å². The lowest BCUT2D eigenvalue weighted by molar-refractivity contribution is 0.0954. The van der Waals surface area contributed by atoms with Crippen LogP contribution in [0.1, 0.15) is 15.9 Å². The Kier molecular flexibility index (Phi) is 3.54. The normalized spacial score (nSPS) is 11.2. The average molecular weight is 322 g/mol. The largest absolute Gasteiger partial charge is 0.464 e. The summed E-state index contributed by atoms with van der Waals surface area (Å²) in [6.07, 6.45) is 4.09. The second kappa shape index (κ2) is 5.85. The Morgan fingerprint density at radius 1 is 1.21 bits per heavy atom. The van der Waals surface area contributed by atoms with E-state index in [4.69, 9.17) is 4.42 Å². The molecule has 0 radical (unpaired) electrons. The molecule has 0 aliphatic carbocycles. The number of rotatable bonds is 4. The Labute approximate surface area is 137 Å². The fourth-order valence-electron chi connectivity index (χ4n) is 2.96. The molecule has 4 rings (SSSR count). The van der Waals surface area contributed by atoms with Crippen molar-refractivity contribution in [1.29, 1.82) is 0 Å². The lowest BCUT2D eigenvalue weighted by Crippen LogP contribution is -2.25. The first-order valence-electron chi connectivity index (χ1n) is 7.72. The summed E-state index contributed by atoms with van der Waals surface area (Å²) in [7, 11) is 0. The van der Waals surface area contributed by atoms with Crippen LogP contribution < -0.4 is 5.32 Å².